The minimum Gasteiger partial charge on any atom is -0.342 e. The maximum Gasteiger partial charge on any atom is 0.255 e. The van der Waals surface area contributed by atoms with E-state index in [9.17, 15) is 4.79 Å². The standard InChI is InChI=1S/C12H17BrN2O/c1-15(9-4-2-3-7-13)12(16)11-6-5-8-14-10-11/h5-6,8,10H,2-4,7,9H2,1H3. The van der Waals surface area contributed by atoms with Crippen LogP contribution in [0.15, 0.2) is 24.5 Å². The number of hydrogen-bond donors (Lipinski definition) is 0. The van der Waals surface area contributed by atoms with E-state index < -0.39 is 0 Å². The van der Waals surface area contributed by atoms with Gasteiger partial charge in [-0.05, 0) is 25.0 Å². The number of amides is 1. The summed E-state index contributed by atoms with van der Waals surface area (Å²) >= 11 is 3.39. The van der Waals surface area contributed by atoms with E-state index in [2.05, 4.69) is 20.9 Å². The van der Waals surface area contributed by atoms with Crippen molar-refractivity contribution >= 4 is 21.8 Å². The molecule has 1 rings (SSSR count). The molecule has 1 heterocycles. The summed E-state index contributed by atoms with van der Waals surface area (Å²) in [4.78, 5) is 17.6. The lowest BCUT2D eigenvalue weighted by Gasteiger charge is -2.16. The fourth-order valence-corrected chi connectivity index (χ4v) is 1.83. The molecule has 0 aliphatic rings. The van der Waals surface area contributed by atoms with Gasteiger partial charge in [-0.25, -0.2) is 0 Å². The first-order valence-electron chi connectivity index (χ1n) is 5.47. The number of rotatable bonds is 6. The number of alkyl halides is 1. The highest BCUT2D eigenvalue weighted by atomic mass is 79.9. The van der Waals surface area contributed by atoms with Crippen LogP contribution in [-0.4, -0.2) is 34.7 Å². The summed E-state index contributed by atoms with van der Waals surface area (Å²) in [7, 11) is 1.84. The molecule has 0 aromatic carbocycles. The van der Waals surface area contributed by atoms with Gasteiger partial charge in [-0.15, -0.1) is 0 Å². The van der Waals surface area contributed by atoms with Crippen molar-refractivity contribution in [1.29, 1.82) is 0 Å². The van der Waals surface area contributed by atoms with Crippen molar-refractivity contribution in [3.63, 3.8) is 0 Å². The molecule has 0 radical (unpaired) electrons. The molecule has 0 unspecified atom stereocenters. The molecular weight excluding hydrogens is 268 g/mol. The monoisotopic (exact) mass is 284 g/mol. The SMILES string of the molecule is CN(CCCCCBr)C(=O)c1cccnc1. The number of carbonyl (C=O) groups excluding carboxylic acids is 1. The number of halogens is 1. The summed E-state index contributed by atoms with van der Waals surface area (Å²) in [5.74, 6) is 0.0481. The fourth-order valence-electron chi connectivity index (χ4n) is 1.43. The minimum absolute atomic E-state index is 0.0481. The van der Waals surface area contributed by atoms with Crippen LogP contribution in [0.5, 0.6) is 0 Å². The van der Waals surface area contributed by atoms with Crippen molar-refractivity contribution < 1.29 is 4.79 Å². The van der Waals surface area contributed by atoms with Gasteiger partial charge in [0.05, 0.1) is 5.56 Å². The third kappa shape index (κ3) is 4.31. The van der Waals surface area contributed by atoms with Crippen LogP contribution in [0.2, 0.25) is 0 Å². The Kier molecular flexibility index (Phi) is 6.08. The molecule has 88 valence electrons. The molecule has 0 aliphatic carbocycles. The number of nitrogens with zero attached hydrogens (tertiary/aromatic N) is 2. The molecule has 1 aromatic heterocycles. The predicted molar refractivity (Wildman–Crippen MR) is 68.8 cm³/mol. The molecule has 1 amide bonds. The van der Waals surface area contributed by atoms with Crippen LogP contribution in [0, 0.1) is 0 Å². The lowest BCUT2D eigenvalue weighted by Crippen LogP contribution is -2.27. The van der Waals surface area contributed by atoms with Crippen molar-refractivity contribution in [2.45, 2.75) is 19.3 Å². The first kappa shape index (κ1) is 13.2. The third-order valence-corrected chi connectivity index (χ3v) is 2.94. The van der Waals surface area contributed by atoms with Crippen LogP contribution < -0.4 is 0 Å². The molecule has 0 saturated heterocycles. The van der Waals surface area contributed by atoms with Gasteiger partial charge in [0.1, 0.15) is 0 Å². The number of hydrogen-bond acceptors (Lipinski definition) is 2. The van der Waals surface area contributed by atoms with Gasteiger partial charge in [0, 0.05) is 31.3 Å². The van der Waals surface area contributed by atoms with Crippen LogP contribution in [-0.2, 0) is 0 Å². The van der Waals surface area contributed by atoms with Gasteiger partial charge in [0.15, 0.2) is 0 Å². The van der Waals surface area contributed by atoms with Crippen LogP contribution in [0.25, 0.3) is 0 Å². The Labute approximate surface area is 105 Å². The van der Waals surface area contributed by atoms with Gasteiger partial charge in [-0.3, -0.25) is 9.78 Å². The number of unbranched alkanes of at least 4 members (excludes halogenated alkanes) is 2. The van der Waals surface area contributed by atoms with E-state index in [1.165, 1.54) is 0 Å². The highest BCUT2D eigenvalue weighted by Crippen LogP contribution is 2.04. The smallest absolute Gasteiger partial charge is 0.255 e. The van der Waals surface area contributed by atoms with Gasteiger partial charge < -0.3 is 4.90 Å². The normalized spacial score (nSPS) is 10.1. The molecular formula is C12H17BrN2O. The maximum atomic E-state index is 11.9. The van der Waals surface area contributed by atoms with Crippen molar-refractivity contribution in [2.24, 2.45) is 0 Å². The molecule has 0 fully saturated rings. The van der Waals surface area contributed by atoms with E-state index in [0.29, 0.717) is 5.56 Å². The van der Waals surface area contributed by atoms with Gasteiger partial charge in [0.25, 0.3) is 5.91 Å². The average Bonchev–Trinajstić information content (AvgIpc) is 2.34. The second kappa shape index (κ2) is 7.39. The second-order valence-electron chi connectivity index (χ2n) is 3.72. The number of carbonyl (C=O) groups is 1. The lowest BCUT2D eigenvalue weighted by molar-refractivity contribution is 0.0792. The Bertz CT molecular complexity index is 316. The lowest BCUT2D eigenvalue weighted by atomic mass is 10.2. The molecule has 0 N–H and O–H groups in total. The van der Waals surface area contributed by atoms with E-state index in [1.807, 2.05) is 7.05 Å². The third-order valence-electron chi connectivity index (χ3n) is 2.38. The van der Waals surface area contributed by atoms with Gasteiger partial charge in [-0.2, -0.15) is 0 Å². The summed E-state index contributed by atoms with van der Waals surface area (Å²) in [5, 5.41) is 1.03. The fraction of sp³-hybridized carbons (Fsp3) is 0.500. The molecule has 0 saturated carbocycles. The van der Waals surface area contributed by atoms with E-state index in [0.717, 1.165) is 31.1 Å². The van der Waals surface area contributed by atoms with Crippen LogP contribution in [0.4, 0.5) is 0 Å². The molecule has 1 aromatic rings. The Morgan fingerprint density at radius 2 is 2.25 bits per heavy atom. The summed E-state index contributed by atoms with van der Waals surface area (Å²) in [5.41, 5.74) is 0.658. The molecule has 0 bridgehead atoms. The molecule has 3 nitrogen and oxygen atoms in total. The zero-order valence-electron chi connectivity index (χ0n) is 9.53. The quantitative estimate of drug-likeness (QED) is 0.595. The largest absolute Gasteiger partial charge is 0.342 e. The Balaban J connectivity index is 2.37. The number of pyridine rings is 1. The summed E-state index contributed by atoms with van der Waals surface area (Å²) in [6.45, 7) is 0.806. The molecule has 16 heavy (non-hydrogen) atoms. The topological polar surface area (TPSA) is 33.2 Å². The van der Waals surface area contributed by atoms with Crippen LogP contribution in [0.3, 0.4) is 0 Å². The highest BCUT2D eigenvalue weighted by molar-refractivity contribution is 9.09. The van der Waals surface area contributed by atoms with E-state index in [1.54, 1.807) is 29.4 Å². The summed E-state index contributed by atoms with van der Waals surface area (Å²) in [6, 6.07) is 3.58. The van der Waals surface area contributed by atoms with Crippen molar-refractivity contribution in [1.82, 2.24) is 9.88 Å². The highest BCUT2D eigenvalue weighted by Gasteiger charge is 2.10. The first-order valence-corrected chi connectivity index (χ1v) is 6.59. The van der Waals surface area contributed by atoms with E-state index in [-0.39, 0.29) is 5.91 Å². The average molecular weight is 285 g/mol. The first-order chi connectivity index (χ1) is 7.75. The Morgan fingerprint density at radius 1 is 1.44 bits per heavy atom. The minimum atomic E-state index is 0.0481. The maximum absolute atomic E-state index is 11.9. The Hall–Kier alpha value is -0.900. The second-order valence-corrected chi connectivity index (χ2v) is 4.51. The van der Waals surface area contributed by atoms with Crippen LogP contribution >= 0.6 is 15.9 Å². The summed E-state index contributed by atoms with van der Waals surface area (Å²) in [6.07, 6.45) is 6.64. The van der Waals surface area contributed by atoms with Crippen molar-refractivity contribution in [3.8, 4) is 0 Å². The zero-order chi connectivity index (χ0) is 11.8. The zero-order valence-corrected chi connectivity index (χ0v) is 11.1. The molecule has 0 aliphatic heterocycles. The Morgan fingerprint density at radius 3 is 2.88 bits per heavy atom. The van der Waals surface area contributed by atoms with E-state index >= 15 is 0 Å². The molecule has 0 spiro atoms. The number of aromatic nitrogens is 1. The summed E-state index contributed by atoms with van der Waals surface area (Å²) < 4.78 is 0. The molecule has 4 heteroatoms. The van der Waals surface area contributed by atoms with Gasteiger partial charge in [0.2, 0.25) is 0 Å². The van der Waals surface area contributed by atoms with E-state index in [4.69, 9.17) is 0 Å². The predicted octanol–water partition coefficient (Wildman–Crippen LogP) is 2.72. The van der Waals surface area contributed by atoms with Gasteiger partial charge >= 0.3 is 0 Å². The van der Waals surface area contributed by atoms with Crippen molar-refractivity contribution in [3.05, 3.63) is 30.1 Å². The molecule has 0 atom stereocenters. The van der Waals surface area contributed by atoms with Crippen LogP contribution in [0.1, 0.15) is 29.6 Å². The van der Waals surface area contributed by atoms with Gasteiger partial charge in [-0.1, -0.05) is 22.4 Å². The van der Waals surface area contributed by atoms with Crippen molar-refractivity contribution in [2.75, 3.05) is 18.9 Å².